The summed E-state index contributed by atoms with van der Waals surface area (Å²) in [6.45, 7) is 3.46. The van der Waals surface area contributed by atoms with Crippen molar-refractivity contribution in [2.45, 2.75) is 31.8 Å². The smallest absolute Gasteiger partial charge is 0.232 e. The van der Waals surface area contributed by atoms with Crippen LogP contribution in [0.25, 0.3) is 0 Å². The van der Waals surface area contributed by atoms with Crippen LogP contribution >= 0.6 is 22.0 Å². The minimum Gasteiger partial charge on any atom is -0.339 e. The zero-order valence-corrected chi connectivity index (χ0v) is 15.2. The summed E-state index contributed by atoms with van der Waals surface area (Å²) in [5, 5.41) is 2.09. The average molecular weight is 377 g/mol. The first-order chi connectivity index (χ1) is 10.9. The summed E-state index contributed by atoms with van der Waals surface area (Å²) in [4.78, 5) is 17.9. The molecular weight excluding hydrogens is 356 g/mol. The van der Waals surface area contributed by atoms with Crippen LogP contribution in [0.15, 0.2) is 17.5 Å². The van der Waals surface area contributed by atoms with Crippen LogP contribution in [0, 0.1) is 5.92 Å². The van der Waals surface area contributed by atoms with Crippen molar-refractivity contribution in [3.8, 4) is 0 Å². The molecule has 2 aliphatic heterocycles. The number of halogens is 1. The van der Waals surface area contributed by atoms with E-state index in [9.17, 15) is 13.2 Å². The van der Waals surface area contributed by atoms with Crippen LogP contribution in [0.3, 0.4) is 0 Å². The van der Waals surface area contributed by atoms with Gasteiger partial charge in [0.2, 0.25) is 15.0 Å². The van der Waals surface area contributed by atoms with Gasteiger partial charge in [0.25, 0.3) is 0 Å². The number of rotatable bonds is 5. The maximum atomic E-state index is 12.2. The first-order valence-electron chi connectivity index (χ1n) is 7.87. The Balaban J connectivity index is 1.50. The zero-order chi connectivity index (χ0) is 16.4. The second-order valence-corrected chi connectivity index (χ2v) is 10.3. The fraction of sp³-hybridized carbons (Fsp3) is 0.667. The fourth-order valence-corrected chi connectivity index (χ4v) is 5.63. The van der Waals surface area contributed by atoms with E-state index in [-0.39, 0.29) is 23.6 Å². The minimum atomic E-state index is -3.54. The SMILES string of the molecule is O=C1CC(CS(=O)(=O)Cl)CN1C1CCN(Cc2cccs2)CC1. The topological polar surface area (TPSA) is 57.7 Å². The lowest BCUT2D eigenvalue weighted by atomic mass is 10.0. The van der Waals surface area contributed by atoms with E-state index in [4.69, 9.17) is 10.7 Å². The van der Waals surface area contributed by atoms with Crippen molar-refractivity contribution in [2.75, 3.05) is 25.4 Å². The molecule has 128 valence electrons. The number of piperidine rings is 1. The number of carbonyl (C=O) groups is 1. The third-order valence-electron chi connectivity index (χ3n) is 4.63. The van der Waals surface area contributed by atoms with E-state index in [0.29, 0.717) is 13.0 Å². The van der Waals surface area contributed by atoms with Crippen LogP contribution in [0.4, 0.5) is 0 Å². The van der Waals surface area contributed by atoms with Crippen molar-refractivity contribution in [1.82, 2.24) is 9.80 Å². The summed E-state index contributed by atoms with van der Waals surface area (Å²) in [5.41, 5.74) is 0. The van der Waals surface area contributed by atoms with Gasteiger partial charge in [-0.2, -0.15) is 0 Å². The molecule has 8 heteroatoms. The largest absolute Gasteiger partial charge is 0.339 e. The van der Waals surface area contributed by atoms with Gasteiger partial charge in [0, 0.05) is 60.1 Å². The predicted octanol–water partition coefficient (Wildman–Crippen LogP) is 2.13. The molecule has 0 N–H and O–H groups in total. The maximum absolute atomic E-state index is 12.2. The van der Waals surface area contributed by atoms with Gasteiger partial charge in [0.1, 0.15) is 0 Å². The fourth-order valence-electron chi connectivity index (χ4n) is 3.57. The summed E-state index contributed by atoms with van der Waals surface area (Å²) in [6.07, 6.45) is 2.22. The molecule has 1 aromatic heterocycles. The van der Waals surface area contributed by atoms with E-state index in [0.717, 1.165) is 32.5 Å². The molecule has 0 aliphatic carbocycles. The third-order valence-corrected chi connectivity index (χ3v) is 6.74. The van der Waals surface area contributed by atoms with Gasteiger partial charge < -0.3 is 4.90 Å². The first kappa shape index (κ1) is 17.2. The molecule has 0 aromatic carbocycles. The van der Waals surface area contributed by atoms with Crippen molar-refractivity contribution in [3.05, 3.63) is 22.4 Å². The Morgan fingerprint density at radius 1 is 1.30 bits per heavy atom. The molecule has 3 rings (SSSR count). The van der Waals surface area contributed by atoms with Gasteiger partial charge in [0.15, 0.2) is 0 Å². The number of carbonyl (C=O) groups excluding carboxylic acids is 1. The number of hydrogen-bond donors (Lipinski definition) is 0. The van der Waals surface area contributed by atoms with Crippen molar-refractivity contribution in [3.63, 3.8) is 0 Å². The number of amides is 1. The van der Waals surface area contributed by atoms with Crippen molar-refractivity contribution < 1.29 is 13.2 Å². The van der Waals surface area contributed by atoms with E-state index < -0.39 is 9.05 Å². The minimum absolute atomic E-state index is 0.0759. The quantitative estimate of drug-likeness (QED) is 0.739. The zero-order valence-electron chi connectivity index (χ0n) is 12.9. The second kappa shape index (κ2) is 7.09. The molecule has 2 saturated heterocycles. The number of nitrogens with zero attached hydrogens (tertiary/aromatic N) is 2. The normalized spacial score (nSPS) is 24.5. The molecule has 0 radical (unpaired) electrons. The van der Waals surface area contributed by atoms with Gasteiger partial charge in [-0.25, -0.2) is 8.42 Å². The highest BCUT2D eigenvalue weighted by atomic mass is 35.7. The Labute approximate surface area is 145 Å². The molecule has 1 aromatic rings. The molecule has 3 heterocycles. The Hall–Kier alpha value is -0.630. The Kier molecular flexibility index (Phi) is 5.30. The lowest BCUT2D eigenvalue weighted by Crippen LogP contribution is -2.45. The standard InChI is InChI=1S/C15H21ClN2O3S2/c16-23(20,21)11-12-8-15(19)18(9-12)13-3-5-17(6-4-13)10-14-2-1-7-22-14/h1-2,7,12-13H,3-6,8-11H2. The highest BCUT2D eigenvalue weighted by molar-refractivity contribution is 8.13. The van der Waals surface area contributed by atoms with Crippen molar-refractivity contribution >= 4 is 37.0 Å². The molecule has 5 nitrogen and oxygen atoms in total. The van der Waals surface area contributed by atoms with Gasteiger partial charge in [0.05, 0.1) is 5.75 Å². The Morgan fingerprint density at radius 3 is 2.65 bits per heavy atom. The van der Waals surface area contributed by atoms with E-state index in [1.165, 1.54) is 4.88 Å². The molecule has 0 spiro atoms. The molecule has 2 fully saturated rings. The predicted molar refractivity (Wildman–Crippen MR) is 92.1 cm³/mol. The number of hydrogen-bond acceptors (Lipinski definition) is 5. The molecule has 1 atom stereocenters. The highest BCUT2D eigenvalue weighted by Gasteiger charge is 2.37. The first-order valence-corrected chi connectivity index (χ1v) is 11.2. The summed E-state index contributed by atoms with van der Waals surface area (Å²) >= 11 is 1.77. The van der Waals surface area contributed by atoms with Gasteiger partial charge in [-0.1, -0.05) is 6.07 Å². The van der Waals surface area contributed by atoms with Crippen LogP contribution < -0.4 is 0 Å². The molecule has 0 bridgehead atoms. The Bertz CT molecular complexity index is 640. The van der Waals surface area contributed by atoms with Gasteiger partial charge in [-0.3, -0.25) is 9.69 Å². The summed E-state index contributed by atoms with van der Waals surface area (Å²) in [6, 6.07) is 4.46. The lowest BCUT2D eigenvalue weighted by Gasteiger charge is -2.36. The van der Waals surface area contributed by atoms with Crippen LogP contribution in [0.5, 0.6) is 0 Å². The maximum Gasteiger partial charge on any atom is 0.232 e. The van der Waals surface area contributed by atoms with Gasteiger partial charge in [-0.15, -0.1) is 11.3 Å². The van der Waals surface area contributed by atoms with Crippen molar-refractivity contribution in [2.24, 2.45) is 5.92 Å². The lowest BCUT2D eigenvalue weighted by molar-refractivity contribution is -0.130. The molecule has 0 saturated carbocycles. The second-order valence-electron chi connectivity index (χ2n) is 6.41. The van der Waals surface area contributed by atoms with E-state index in [2.05, 4.69) is 22.4 Å². The highest BCUT2D eigenvalue weighted by Crippen LogP contribution is 2.27. The van der Waals surface area contributed by atoms with Crippen molar-refractivity contribution in [1.29, 1.82) is 0 Å². The summed E-state index contributed by atoms with van der Waals surface area (Å²) in [5.74, 6) is -0.185. The van der Waals surface area contributed by atoms with Gasteiger partial charge >= 0.3 is 0 Å². The third kappa shape index (κ3) is 4.68. The van der Waals surface area contributed by atoms with E-state index >= 15 is 0 Å². The molecule has 23 heavy (non-hydrogen) atoms. The van der Waals surface area contributed by atoms with E-state index in [1.54, 1.807) is 11.3 Å². The monoisotopic (exact) mass is 376 g/mol. The van der Waals surface area contributed by atoms with Crippen LogP contribution in [0.2, 0.25) is 0 Å². The average Bonchev–Trinajstić information content (AvgIpc) is 3.08. The summed E-state index contributed by atoms with van der Waals surface area (Å²) < 4.78 is 22.4. The molecule has 1 amide bonds. The molecular formula is C15H21ClN2O3S2. The van der Waals surface area contributed by atoms with Gasteiger partial charge in [-0.05, 0) is 24.3 Å². The summed E-state index contributed by atoms with van der Waals surface area (Å²) in [7, 11) is 1.78. The van der Waals surface area contributed by atoms with E-state index in [1.807, 2.05) is 4.90 Å². The molecule has 2 aliphatic rings. The van der Waals surface area contributed by atoms with Crippen LogP contribution in [-0.2, 0) is 20.4 Å². The van der Waals surface area contributed by atoms with Crippen LogP contribution in [0.1, 0.15) is 24.1 Å². The Morgan fingerprint density at radius 2 is 2.04 bits per heavy atom. The number of thiophene rings is 1. The van der Waals surface area contributed by atoms with Crippen LogP contribution in [-0.4, -0.2) is 55.6 Å². The molecule has 1 unspecified atom stereocenters. The number of likely N-dealkylation sites (tertiary alicyclic amines) is 2.